The van der Waals surface area contributed by atoms with Gasteiger partial charge in [0.2, 0.25) is 5.91 Å². The van der Waals surface area contributed by atoms with Crippen molar-refractivity contribution in [1.82, 2.24) is 15.3 Å². The maximum absolute atomic E-state index is 11.4. The first kappa shape index (κ1) is 11.9. The van der Waals surface area contributed by atoms with Crippen molar-refractivity contribution in [2.24, 2.45) is 0 Å². The fourth-order valence-electron chi connectivity index (χ4n) is 1.12. The molecule has 0 aliphatic carbocycles. The van der Waals surface area contributed by atoms with Crippen molar-refractivity contribution in [3.63, 3.8) is 0 Å². The summed E-state index contributed by atoms with van der Waals surface area (Å²) in [4.78, 5) is 19.2. The van der Waals surface area contributed by atoms with E-state index in [4.69, 9.17) is 5.26 Å². The number of anilines is 1. The number of hydrogen-bond acceptors (Lipinski definition) is 5. The summed E-state index contributed by atoms with van der Waals surface area (Å²) >= 11 is 0. The molecule has 0 aliphatic rings. The minimum Gasteiger partial charge on any atom is -0.356 e. The molecule has 0 aliphatic heterocycles. The summed E-state index contributed by atoms with van der Waals surface area (Å²) in [6, 6.07) is 1.45. The van der Waals surface area contributed by atoms with Gasteiger partial charge >= 0.3 is 0 Å². The molecule has 84 valence electrons. The molecule has 0 radical (unpaired) electrons. The van der Waals surface area contributed by atoms with Gasteiger partial charge in [0.25, 0.3) is 0 Å². The second kappa shape index (κ2) is 5.66. The summed E-state index contributed by atoms with van der Waals surface area (Å²) in [5.74, 6) is 0.181. The van der Waals surface area contributed by atoms with Crippen molar-refractivity contribution in [1.29, 1.82) is 5.26 Å². The number of nitrogens with zero attached hydrogens (tertiary/aromatic N) is 3. The smallest absolute Gasteiger partial charge is 0.242 e. The van der Waals surface area contributed by atoms with Crippen LogP contribution in [0.2, 0.25) is 0 Å². The average molecular weight is 219 g/mol. The molecular weight excluding hydrogens is 206 g/mol. The van der Waals surface area contributed by atoms with Crippen LogP contribution >= 0.6 is 0 Å². The Hall–Kier alpha value is -2.16. The topological polar surface area (TPSA) is 90.7 Å². The van der Waals surface area contributed by atoms with E-state index in [2.05, 4.69) is 20.6 Å². The number of aromatic nitrogens is 2. The molecule has 2 N–H and O–H groups in total. The molecule has 0 spiro atoms. The van der Waals surface area contributed by atoms with E-state index in [0.29, 0.717) is 12.4 Å². The molecule has 0 aromatic carbocycles. The molecule has 0 saturated heterocycles. The zero-order chi connectivity index (χ0) is 12.0. The zero-order valence-corrected chi connectivity index (χ0v) is 9.19. The number of carbonyl (C=O) groups is 1. The van der Waals surface area contributed by atoms with Gasteiger partial charge in [-0.15, -0.1) is 0 Å². The highest BCUT2D eigenvalue weighted by molar-refractivity contribution is 5.84. The number of carbonyl (C=O) groups excluding carboxylic acids is 1. The van der Waals surface area contributed by atoms with Gasteiger partial charge in [0, 0.05) is 18.9 Å². The van der Waals surface area contributed by atoms with E-state index in [-0.39, 0.29) is 11.6 Å². The Morgan fingerprint density at radius 2 is 2.25 bits per heavy atom. The van der Waals surface area contributed by atoms with E-state index in [1.165, 1.54) is 12.4 Å². The van der Waals surface area contributed by atoms with E-state index in [1.807, 2.05) is 13.0 Å². The van der Waals surface area contributed by atoms with Gasteiger partial charge in [-0.2, -0.15) is 5.26 Å². The van der Waals surface area contributed by atoms with E-state index >= 15 is 0 Å². The van der Waals surface area contributed by atoms with Gasteiger partial charge in [-0.3, -0.25) is 4.79 Å². The van der Waals surface area contributed by atoms with Crippen molar-refractivity contribution < 1.29 is 4.79 Å². The Morgan fingerprint density at radius 3 is 2.88 bits per heavy atom. The zero-order valence-electron chi connectivity index (χ0n) is 9.19. The molecule has 1 atom stereocenters. The molecule has 1 unspecified atom stereocenters. The third-order valence-electron chi connectivity index (χ3n) is 1.90. The molecule has 0 fully saturated rings. The summed E-state index contributed by atoms with van der Waals surface area (Å²) in [6.07, 6.45) is 2.90. The third kappa shape index (κ3) is 2.92. The first-order chi connectivity index (χ1) is 7.69. The minimum atomic E-state index is -0.455. The van der Waals surface area contributed by atoms with Crippen LogP contribution in [0.15, 0.2) is 12.4 Å². The molecule has 0 saturated carbocycles. The molecular formula is C10H13N5O. The van der Waals surface area contributed by atoms with Gasteiger partial charge in [-0.1, -0.05) is 0 Å². The fourth-order valence-corrected chi connectivity index (χ4v) is 1.12. The van der Waals surface area contributed by atoms with Crippen molar-refractivity contribution >= 4 is 11.7 Å². The van der Waals surface area contributed by atoms with Crippen LogP contribution in [0.4, 0.5) is 5.82 Å². The van der Waals surface area contributed by atoms with Gasteiger partial charge in [0.15, 0.2) is 11.5 Å². The molecule has 1 aromatic heterocycles. The Labute approximate surface area is 93.7 Å². The van der Waals surface area contributed by atoms with Gasteiger partial charge < -0.3 is 10.6 Å². The lowest BCUT2D eigenvalue weighted by Crippen LogP contribution is -2.37. The largest absolute Gasteiger partial charge is 0.356 e. The summed E-state index contributed by atoms with van der Waals surface area (Å²) in [7, 11) is 0. The van der Waals surface area contributed by atoms with Gasteiger partial charge in [0.1, 0.15) is 12.1 Å². The number of rotatable bonds is 4. The quantitative estimate of drug-likeness (QED) is 0.759. The SMILES string of the molecule is CCNC(=O)C(C)Nc1nccnc1C#N. The Morgan fingerprint density at radius 1 is 1.56 bits per heavy atom. The van der Waals surface area contributed by atoms with Crippen LogP contribution in [0.1, 0.15) is 19.5 Å². The summed E-state index contributed by atoms with van der Waals surface area (Å²) in [5, 5.41) is 14.3. The van der Waals surface area contributed by atoms with Crippen molar-refractivity contribution in [3.05, 3.63) is 18.1 Å². The second-order valence-corrected chi connectivity index (χ2v) is 3.13. The van der Waals surface area contributed by atoms with Crippen molar-refractivity contribution in [2.45, 2.75) is 19.9 Å². The number of nitriles is 1. The average Bonchev–Trinajstić information content (AvgIpc) is 2.30. The Kier molecular flexibility index (Phi) is 4.21. The van der Waals surface area contributed by atoms with Crippen LogP contribution in [0.5, 0.6) is 0 Å². The van der Waals surface area contributed by atoms with E-state index < -0.39 is 6.04 Å². The van der Waals surface area contributed by atoms with Gasteiger partial charge in [0.05, 0.1) is 0 Å². The molecule has 1 amide bonds. The minimum absolute atomic E-state index is 0.142. The van der Waals surface area contributed by atoms with Crippen LogP contribution in [0.25, 0.3) is 0 Å². The molecule has 1 aromatic rings. The monoisotopic (exact) mass is 219 g/mol. The lowest BCUT2D eigenvalue weighted by atomic mass is 10.3. The normalized spacial score (nSPS) is 11.3. The molecule has 1 heterocycles. The van der Waals surface area contributed by atoms with Gasteiger partial charge in [-0.25, -0.2) is 9.97 Å². The standard InChI is InChI=1S/C10H13N5O/c1-3-12-10(16)7(2)15-9-8(6-11)13-4-5-14-9/h4-5,7H,3H2,1-2H3,(H,12,16)(H,14,15). The van der Waals surface area contributed by atoms with Crippen LogP contribution in [0.3, 0.4) is 0 Å². The number of nitrogens with one attached hydrogen (secondary N) is 2. The van der Waals surface area contributed by atoms with E-state index in [0.717, 1.165) is 0 Å². The highest BCUT2D eigenvalue weighted by atomic mass is 16.2. The van der Waals surface area contributed by atoms with Crippen molar-refractivity contribution in [2.75, 3.05) is 11.9 Å². The number of amides is 1. The third-order valence-corrected chi connectivity index (χ3v) is 1.90. The predicted molar refractivity (Wildman–Crippen MR) is 58.5 cm³/mol. The molecule has 6 nitrogen and oxygen atoms in total. The van der Waals surface area contributed by atoms with Crippen LogP contribution in [-0.2, 0) is 4.79 Å². The first-order valence-electron chi connectivity index (χ1n) is 4.94. The molecule has 0 bridgehead atoms. The summed E-state index contributed by atoms with van der Waals surface area (Å²) < 4.78 is 0. The molecule has 1 rings (SSSR count). The van der Waals surface area contributed by atoms with E-state index in [1.54, 1.807) is 6.92 Å². The Bertz CT molecular complexity index is 412. The van der Waals surface area contributed by atoms with Crippen LogP contribution < -0.4 is 10.6 Å². The first-order valence-corrected chi connectivity index (χ1v) is 4.94. The maximum atomic E-state index is 11.4. The van der Waals surface area contributed by atoms with Crippen molar-refractivity contribution in [3.8, 4) is 6.07 Å². The maximum Gasteiger partial charge on any atom is 0.242 e. The highest BCUT2D eigenvalue weighted by Gasteiger charge is 2.14. The number of likely N-dealkylation sites (N-methyl/N-ethyl adjacent to an activating group) is 1. The summed E-state index contributed by atoms with van der Waals surface area (Å²) in [5.41, 5.74) is 0.179. The van der Waals surface area contributed by atoms with Crippen LogP contribution in [0, 0.1) is 11.3 Å². The summed E-state index contributed by atoms with van der Waals surface area (Å²) in [6.45, 7) is 4.10. The molecule has 6 heteroatoms. The highest BCUT2D eigenvalue weighted by Crippen LogP contribution is 2.07. The fraction of sp³-hybridized carbons (Fsp3) is 0.400. The second-order valence-electron chi connectivity index (χ2n) is 3.13. The van der Waals surface area contributed by atoms with Crippen LogP contribution in [-0.4, -0.2) is 28.5 Å². The van der Waals surface area contributed by atoms with E-state index in [9.17, 15) is 4.79 Å². The molecule has 16 heavy (non-hydrogen) atoms. The predicted octanol–water partition coefficient (Wildman–Crippen LogP) is 0.285. The Balaban J connectivity index is 2.73. The lowest BCUT2D eigenvalue weighted by molar-refractivity contribution is -0.121. The lowest BCUT2D eigenvalue weighted by Gasteiger charge is -2.13. The number of hydrogen-bond donors (Lipinski definition) is 2. The van der Waals surface area contributed by atoms with Gasteiger partial charge in [-0.05, 0) is 13.8 Å².